The number of ether oxygens (including phenoxy) is 1. The van der Waals surface area contributed by atoms with E-state index in [0.717, 1.165) is 0 Å². The first-order valence-electron chi connectivity index (χ1n) is 11.1. The molecule has 1 heterocycles. The molecule has 0 saturated heterocycles. The number of hydrogen-bond donors (Lipinski definition) is 2. The predicted octanol–water partition coefficient (Wildman–Crippen LogP) is 4.52. The largest absolute Gasteiger partial charge is 0.462 e. The van der Waals surface area contributed by atoms with Gasteiger partial charge in [0.05, 0.1) is 34.6 Å². The summed E-state index contributed by atoms with van der Waals surface area (Å²) in [5.41, 5.74) is 1.32. The summed E-state index contributed by atoms with van der Waals surface area (Å²) in [6.45, 7) is 7.99. The first-order valence-corrected chi connectivity index (χ1v) is 12.5. The lowest BCUT2D eigenvalue weighted by molar-refractivity contribution is -0.113. The van der Waals surface area contributed by atoms with E-state index in [1.54, 1.807) is 73.0 Å². The smallest absolute Gasteiger partial charge is 0.338 e. The van der Waals surface area contributed by atoms with Crippen molar-refractivity contribution in [2.45, 2.75) is 31.6 Å². The second kappa shape index (κ2) is 12.9. The van der Waals surface area contributed by atoms with Crippen LogP contribution in [-0.2, 0) is 16.1 Å². The molecule has 0 aliphatic heterocycles. The Labute approximate surface area is 218 Å². The van der Waals surface area contributed by atoms with Gasteiger partial charge in [0.15, 0.2) is 11.0 Å². The van der Waals surface area contributed by atoms with Crippen molar-refractivity contribution in [3.63, 3.8) is 0 Å². The fourth-order valence-corrected chi connectivity index (χ4v) is 4.22. The number of carbonyl (C=O) groups is 3. The zero-order valence-electron chi connectivity index (χ0n) is 19.9. The molecule has 0 spiro atoms. The third-order valence-corrected chi connectivity index (χ3v) is 6.22. The molecule has 11 heteroatoms. The van der Waals surface area contributed by atoms with E-state index >= 15 is 0 Å². The lowest BCUT2D eigenvalue weighted by atomic mass is 10.2. The Bertz CT molecular complexity index is 1250. The highest BCUT2D eigenvalue weighted by atomic mass is 35.5. The van der Waals surface area contributed by atoms with Crippen LogP contribution in [0.15, 0.2) is 66.3 Å². The molecule has 2 amide bonds. The van der Waals surface area contributed by atoms with Crippen molar-refractivity contribution in [3.8, 4) is 0 Å². The molecule has 0 fully saturated rings. The van der Waals surface area contributed by atoms with Crippen LogP contribution in [0, 0.1) is 0 Å². The Morgan fingerprint density at radius 1 is 1.17 bits per heavy atom. The first kappa shape index (κ1) is 27.0. The molecule has 36 heavy (non-hydrogen) atoms. The molecule has 0 radical (unpaired) electrons. The molecule has 0 unspecified atom stereocenters. The minimum Gasteiger partial charge on any atom is -0.462 e. The highest BCUT2D eigenvalue weighted by Gasteiger charge is 2.21. The Balaban J connectivity index is 1.62. The maximum atomic E-state index is 12.6. The summed E-state index contributed by atoms with van der Waals surface area (Å²) >= 11 is 7.33. The zero-order chi connectivity index (χ0) is 26.1. The topological polar surface area (TPSA) is 115 Å². The van der Waals surface area contributed by atoms with E-state index in [0.29, 0.717) is 46.0 Å². The number of carbonyl (C=O) groups excluding carboxylic acids is 3. The van der Waals surface area contributed by atoms with Crippen molar-refractivity contribution in [3.05, 3.63) is 83.2 Å². The maximum absolute atomic E-state index is 12.6. The number of nitrogens with zero attached hydrogens (tertiary/aromatic N) is 3. The second-order valence-electron chi connectivity index (χ2n) is 7.55. The van der Waals surface area contributed by atoms with Gasteiger partial charge in [-0.3, -0.25) is 9.59 Å². The molecule has 3 rings (SSSR count). The monoisotopic (exact) mass is 527 g/mol. The van der Waals surface area contributed by atoms with Crippen LogP contribution in [0.3, 0.4) is 0 Å². The minimum atomic E-state index is -0.470. The molecule has 1 atom stereocenters. The average Bonchev–Trinajstić information content (AvgIpc) is 3.26. The van der Waals surface area contributed by atoms with Gasteiger partial charge in [-0.25, -0.2) is 4.79 Å². The van der Waals surface area contributed by atoms with Gasteiger partial charge in [-0.1, -0.05) is 41.6 Å². The van der Waals surface area contributed by atoms with Gasteiger partial charge in [0.25, 0.3) is 5.91 Å². The van der Waals surface area contributed by atoms with Crippen LogP contribution < -0.4 is 10.6 Å². The van der Waals surface area contributed by atoms with Gasteiger partial charge in [0.1, 0.15) is 0 Å². The van der Waals surface area contributed by atoms with Crippen LogP contribution in [0.5, 0.6) is 0 Å². The second-order valence-corrected chi connectivity index (χ2v) is 8.90. The molecular weight excluding hydrogens is 502 g/mol. The number of halogens is 1. The molecule has 1 aromatic heterocycles. The van der Waals surface area contributed by atoms with Gasteiger partial charge in [-0.15, -0.1) is 16.8 Å². The molecular formula is C25H26ClN5O4S. The number of allylic oxidation sites excluding steroid dienone is 1. The van der Waals surface area contributed by atoms with E-state index in [4.69, 9.17) is 16.3 Å². The number of anilines is 1. The van der Waals surface area contributed by atoms with Gasteiger partial charge in [0.2, 0.25) is 5.91 Å². The van der Waals surface area contributed by atoms with Crippen molar-refractivity contribution >= 4 is 46.8 Å². The average molecular weight is 528 g/mol. The number of rotatable bonds is 11. The number of esters is 1. The normalized spacial score (nSPS) is 11.4. The van der Waals surface area contributed by atoms with Crippen molar-refractivity contribution in [1.82, 2.24) is 20.1 Å². The molecule has 2 aromatic carbocycles. The molecule has 188 valence electrons. The fraction of sp³-hybridized carbons (Fsp3) is 0.240. The molecule has 0 saturated carbocycles. The van der Waals surface area contributed by atoms with E-state index < -0.39 is 12.0 Å². The Morgan fingerprint density at radius 2 is 1.89 bits per heavy atom. The number of nitrogens with one attached hydrogen (secondary N) is 2. The summed E-state index contributed by atoms with van der Waals surface area (Å²) in [5, 5.41) is 15.0. The third kappa shape index (κ3) is 6.96. The summed E-state index contributed by atoms with van der Waals surface area (Å²) in [6.07, 6.45) is 1.69. The highest BCUT2D eigenvalue weighted by molar-refractivity contribution is 7.99. The first-order chi connectivity index (χ1) is 17.3. The standard InChI is InChI=1S/C25H26ClN5O4S/c1-4-14-31-22(16(3)27-23(33)19-8-6-7-9-20(19)26)29-30-25(31)36-15-21(32)28-18-12-10-17(11-13-18)24(34)35-5-2/h4,6-13,16H,1,5,14-15H2,2-3H3,(H,27,33)(H,28,32)/t16-/m0/s1. The van der Waals surface area contributed by atoms with E-state index in [9.17, 15) is 14.4 Å². The van der Waals surface area contributed by atoms with Crippen LogP contribution in [0.25, 0.3) is 0 Å². The fourth-order valence-electron chi connectivity index (χ4n) is 3.24. The highest BCUT2D eigenvalue weighted by Crippen LogP contribution is 2.22. The Morgan fingerprint density at radius 3 is 2.56 bits per heavy atom. The molecule has 0 aliphatic rings. The maximum Gasteiger partial charge on any atom is 0.338 e. The van der Waals surface area contributed by atoms with Crippen LogP contribution in [0.1, 0.15) is 46.4 Å². The summed E-state index contributed by atoms with van der Waals surface area (Å²) in [5.74, 6) is -0.397. The number of hydrogen-bond acceptors (Lipinski definition) is 7. The summed E-state index contributed by atoms with van der Waals surface area (Å²) in [7, 11) is 0. The van der Waals surface area contributed by atoms with Gasteiger partial charge < -0.3 is 19.9 Å². The quantitative estimate of drug-likeness (QED) is 0.214. The van der Waals surface area contributed by atoms with Gasteiger partial charge in [0, 0.05) is 12.2 Å². The third-order valence-electron chi connectivity index (χ3n) is 4.92. The van der Waals surface area contributed by atoms with Crippen molar-refractivity contribution in [1.29, 1.82) is 0 Å². The Hall–Kier alpha value is -3.63. The molecule has 0 aliphatic carbocycles. The predicted molar refractivity (Wildman–Crippen MR) is 139 cm³/mol. The van der Waals surface area contributed by atoms with Crippen LogP contribution in [0.4, 0.5) is 5.69 Å². The minimum absolute atomic E-state index is 0.0786. The number of amides is 2. The van der Waals surface area contributed by atoms with E-state index in [-0.39, 0.29) is 17.6 Å². The van der Waals surface area contributed by atoms with E-state index in [1.807, 2.05) is 0 Å². The summed E-state index contributed by atoms with van der Waals surface area (Å²) in [6, 6.07) is 12.8. The Kier molecular flexibility index (Phi) is 9.66. The summed E-state index contributed by atoms with van der Waals surface area (Å²) < 4.78 is 6.74. The van der Waals surface area contributed by atoms with Gasteiger partial charge in [-0.2, -0.15) is 0 Å². The zero-order valence-corrected chi connectivity index (χ0v) is 21.4. The number of aromatic nitrogens is 3. The molecule has 9 nitrogen and oxygen atoms in total. The van der Waals surface area contributed by atoms with Crippen LogP contribution in [-0.4, -0.2) is 44.9 Å². The lowest BCUT2D eigenvalue weighted by Gasteiger charge is -2.15. The summed E-state index contributed by atoms with van der Waals surface area (Å²) in [4.78, 5) is 36.9. The van der Waals surface area contributed by atoms with Crippen molar-refractivity contribution in [2.75, 3.05) is 17.7 Å². The van der Waals surface area contributed by atoms with Crippen molar-refractivity contribution in [2.24, 2.45) is 0 Å². The van der Waals surface area contributed by atoms with Gasteiger partial charge in [-0.05, 0) is 50.2 Å². The van der Waals surface area contributed by atoms with E-state index in [1.165, 1.54) is 11.8 Å². The van der Waals surface area contributed by atoms with Crippen LogP contribution in [0.2, 0.25) is 5.02 Å². The SMILES string of the molecule is C=CCn1c(SCC(=O)Nc2ccc(C(=O)OCC)cc2)nnc1[C@H](C)NC(=O)c1ccccc1Cl. The molecule has 2 N–H and O–H groups in total. The number of benzene rings is 2. The lowest BCUT2D eigenvalue weighted by Crippen LogP contribution is -2.29. The molecule has 3 aromatic rings. The van der Waals surface area contributed by atoms with Crippen LogP contribution >= 0.6 is 23.4 Å². The molecule has 0 bridgehead atoms. The van der Waals surface area contributed by atoms with Gasteiger partial charge >= 0.3 is 5.97 Å². The number of thioether (sulfide) groups is 1. The van der Waals surface area contributed by atoms with Crippen molar-refractivity contribution < 1.29 is 19.1 Å². The van der Waals surface area contributed by atoms with E-state index in [2.05, 4.69) is 27.4 Å².